The van der Waals surface area contributed by atoms with Gasteiger partial charge in [-0.25, -0.2) is 9.67 Å². The van der Waals surface area contributed by atoms with Crippen molar-refractivity contribution >= 4 is 21.8 Å². The number of aromatic nitrogens is 4. The van der Waals surface area contributed by atoms with E-state index in [9.17, 15) is 0 Å². The second-order valence-corrected chi connectivity index (χ2v) is 10.7. The first kappa shape index (κ1) is 24.5. The quantitative estimate of drug-likeness (QED) is 0.212. The summed E-state index contributed by atoms with van der Waals surface area (Å²) in [6, 6.07) is 44.9. The Balaban J connectivity index is 1.12. The van der Waals surface area contributed by atoms with E-state index in [1.807, 2.05) is 89.9 Å². The standard InChI is InChI=1S/C38H24N4O2/c1-2-13-29-28(12-1)32-15-4-6-17-36(32)44-38-33(29)24-40-42(38)25-10-9-11-26(22-25)43-27-19-20-31-30-14-3-5-16-34(30)41(35(31)23-27)37-18-7-8-21-39-37/h1-24H. The third-order valence-electron chi connectivity index (χ3n) is 8.15. The predicted octanol–water partition coefficient (Wildman–Crippen LogP) is 9.60. The molecular formula is C38H24N4O2. The van der Waals surface area contributed by atoms with Crippen LogP contribution in [0, 0.1) is 0 Å². The molecule has 0 atom stereocenters. The number of nitrogens with zero attached hydrogens (tertiary/aromatic N) is 4. The van der Waals surface area contributed by atoms with Gasteiger partial charge in [0.1, 0.15) is 23.1 Å². The fourth-order valence-electron chi connectivity index (χ4n) is 6.20. The fourth-order valence-corrected chi connectivity index (χ4v) is 6.20. The van der Waals surface area contributed by atoms with Crippen molar-refractivity contribution in [3.8, 4) is 56.9 Å². The molecule has 0 spiro atoms. The molecule has 9 rings (SSSR count). The van der Waals surface area contributed by atoms with Gasteiger partial charge in [-0.3, -0.25) is 4.57 Å². The van der Waals surface area contributed by atoms with Gasteiger partial charge in [-0.05, 0) is 59.7 Å². The molecule has 6 nitrogen and oxygen atoms in total. The minimum atomic E-state index is 0.667. The van der Waals surface area contributed by atoms with Gasteiger partial charge in [0, 0.05) is 34.7 Å². The van der Waals surface area contributed by atoms with E-state index in [0.717, 1.165) is 61.7 Å². The smallest absolute Gasteiger partial charge is 0.230 e. The fraction of sp³-hybridized carbons (Fsp3) is 0. The normalized spacial score (nSPS) is 11.8. The summed E-state index contributed by atoms with van der Waals surface area (Å²) in [7, 11) is 0. The molecule has 0 saturated heterocycles. The molecule has 4 heterocycles. The summed E-state index contributed by atoms with van der Waals surface area (Å²) in [6.45, 7) is 0. The van der Waals surface area contributed by atoms with Crippen LogP contribution in [0.15, 0.2) is 146 Å². The molecular weight excluding hydrogens is 544 g/mol. The maximum absolute atomic E-state index is 6.55. The molecule has 0 N–H and O–H groups in total. The molecule has 8 aromatic rings. The van der Waals surface area contributed by atoms with E-state index in [1.54, 1.807) is 0 Å². The van der Waals surface area contributed by atoms with E-state index < -0.39 is 0 Å². The molecule has 5 aromatic carbocycles. The largest absolute Gasteiger partial charge is 0.457 e. The molecule has 0 aliphatic carbocycles. The van der Waals surface area contributed by atoms with Gasteiger partial charge in [-0.2, -0.15) is 5.10 Å². The van der Waals surface area contributed by atoms with Crippen molar-refractivity contribution in [2.75, 3.05) is 0 Å². The molecule has 0 radical (unpaired) electrons. The summed E-state index contributed by atoms with van der Waals surface area (Å²) < 4.78 is 17.0. The highest BCUT2D eigenvalue weighted by Crippen LogP contribution is 2.47. The van der Waals surface area contributed by atoms with Crippen LogP contribution in [0.2, 0.25) is 0 Å². The van der Waals surface area contributed by atoms with Crippen LogP contribution in [0.1, 0.15) is 0 Å². The van der Waals surface area contributed by atoms with Gasteiger partial charge in [0.2, 0.25) is 5.88 Å². The summed E-state index contributed by atoms with van der Waals surface area (Å²) in [4.78, 5) is 4.65. The number of rotatable bonds is 4. The molecule has 3 aromatic heterocycles. The van der Waals surface area contributed by atoms with Crippen LogP contribution in [-0.4, -0.2) is 19.3 Å². The monoisotopic (exact) mass is 568 g/mol. The Labute approximate surface area is 253 Å². The van der Waals surface area contributed by atoms with Crippen LogP contribution in [0.3, 0.4) is 0 Å². The summed E-state index contributed by atoms with van der Waals surface area (Å²) in [5, 5.41) is 7.08. The Bertz CT molecular complexity index is 2350. The van der Waals surface area contributed by atoms with Crippen molar-refractivity contribution in [3.05, 3.63) is 146 Å². The number of hydrogen-bond donors (Lipinski definition) is 0. The van der Waals surface area contributed by atoms with Gasteiger partial charge in [-0.1, -0.05) is 72.8 Å². The van der Waals surface area contributed by atoms with Gasteiger partial charge in [0.05, 0.1) is 28.5 Å². The van der Waals surface area contributed by atoms with Gasteiger partial charge in [0.25, 0.3) is 0 Å². The van der Waals surface area contributed by atoms with Crippen LogP contribution >= 0.6 is 0 Å². The van der Waals surface area contributed by atoms with Crippen molar-refractivity contribution in [1.29, 1.82) is 0 Å². The Hall–Kier alpha value is -6.14. The molecule has 0 unspecified atom stereocenters. The van der Waals surface area contributed by atoms with Crippen molar-refractivity contribution < 1.29 is 9.47 Å². The lowest BCUT2D eigenvalue weighted by atomic mass is 9.96. The van der Waals surface area contributed by atoms with Crippen LogP contribution in [0.25, 0.3) is 55.6 Å². The zero-order valence-electron chi connectivity index (χ0n) is 23.5. The first-order valence-electron chi connectivity index (χ1n) is 14.5. The maximum Gasteiger partial charge on any atom is 0.230 e. The van der Waals surface area contributed by atoms with Gasteiger partial charge in [-0.15, -0.1) is 0 Å². The Morgan fingerprint density at radius 2 is 1.32 bits per heavy atom. The van der Waals surface area contributed by atoms with Gasteiger partial charge >= 0.3 is 0 Å². The second kappa shape index (κ2) is 9.71. The van der Waals surface area contributed by atoms with Crippen LogP contribution in [0.5, 0.6) is 23.1 Å². The van der Waals surface area contributed by atoms with E-state index in [1.165, 1.54) is 5.39 Å². The van der Waals surface area contributed by atoms with E-state index in [4.69, 9.17) is 14.6 Å². The van der Waals surface area contributed by atoms with E-state index in [0.29, 0.717) is 11.6 Å². The van der Waals surface area contributed by atoms with Gasteiger partial charge < -0.3 is 9.47 Å². The SMILES string of the molecule is c1ccc(-n2c3ccccc3c3ccc(Oc4cccc(-n5ncc6c5Oc5ccccc5-c5ccccc5-6)c4)cc32)nc1. The Morgan fingerprint density at radius 3 is 2.20 bits per heavy atom. The molecule has 208 valence electrons. The molecule has 1 aliphatic heterocycles. The van der Waals surface area contributed by atoms with Crippen LogP contribution in [0.4, 0.5) is 0 Å². The topological polar surface area (TPSA) is 54.1 Å². The highest BCUT2D eigenvalue weighted by molar-refractivity contribution is 6.09. The highest BCUT2D eigenvalue weighted by atomic mass is 16.5. The first-order valence-corrected chi connectivity index (χ1v) is 14.5. The lowest BCUT2D eigenvalue weighted by molar-refractivity contribution is 0.447. The second-order valence-electron chi connectivity index (χ2n) is 10.7. The Morgan fingerprint density at radius 1 is 0.568 bits per heavy atom. The summed E-state index contributed by atoms with van der Waals surface area (Å²) in [6.07, 6.45) is 3.69. The summed E-state index contributed by atoms with van der Waals surface area (Å²) >= 11 is 0. The lowest BCUT2D eigenvalue weighted by Crippen LogP contribution is -2.00. The number of ether oxygens (including phenoxy) is 2. The van der Waals surface area contributed by atoms with Crippen LogP contribution in [-0.2, 0) is 0 Å². The predicted molar refractivity (Wildman–Crippen MR) is 173 cm³/mol. The molecule has 0 bridgehead atoms. The molecule has 6 heteroatoms. The molecule has 0 saturated carbocycles. The summed E-state index contributed by atoms with van der Waals surface area (Å²) in [5.41, 5.74) is 7.17. The minimum Gasteiger partial charge on any atom is -0.457 e. The maximum atomic E-state index is 6.55. The lowest BCUT2D eigenvalue weighted by Gasteiger charge is -2.12. The average molecular weight is 569 g/mol. The van der Waals surface area contributed by atoms with Crippen molar-refractivity contribution in [3.63, 3.8) is 0 Å². The Kier molecular flexibility index (Phi) is 5.40. The number of para-hydroxylation sites is 2. The zero-order chi connectivity index (χ0) is 29.0. The number of hydrogen-bond acceptors (Lipinski definition) is 4. The van der Waals surface area contributed by atoms with E-state index >= 15 is 0 Å². The number of fused-ring (bicyclic) bond motifs is 8. The first-order chi connectivity index (χ1) is 21.8. The zero-order valence-corrected chi connectivity index (χ0v) is 23.5. The van der Waals surface area contributed by atoms with Crippen molar-refractivity contribution in [2.45, 2.75) is 0 Å². The van der Waals surface area contributed by atoms with Gasteiger partial charge in [0.15, 0.2) is 0 Å². The van der Waals surface area contributed by atoms with E-state index in [-0.39, 0.29) is 0 Å². The molecule has 0 fully saturated rings. The number of pyridine rings is 1. The van der Waals surface area contributed by atoms with Crippen molar-refractivity contribution in [1.82, 2.24) is 19.3 Å². The molecule has 1 aliphatic rings. The van der Waals surface area contributed by atoms with Crippen LogP contribution < -0.4 is 9.47 Å². The molecule has 44 heavy (non-hydrogen) atoms. The van der Waals surface area contributed by atoms with E-state index in [2.05, 4.69) is 70.2 Å². The van der Waals surface area contributed by atoms with Crippen molar-refractivity contribution in [2.24, 2.45) is 0 Å². The summed E-state index contributed by atoms with van der Waals surface area (Å²) in [5.74, 6) is 3.75. The number of benzene rings is 5. The highest BCUT2D eigenvalue weighted by Gasteiger charge is 2.25. The minimum absolute atomic E-state index is 0.667. The molecule has 0 amide bonds. The third kappa shape index (κ3) is 3.82. The average Bonchev–Trinajstić information content (AvgIpc) is 3.60. The third-order valence-corrected chi connectivity index (χ3v) is 8.15.